The third kappa shape index (κ3) is 4.43. The Bertz CT molecular complexity index is 516. The number of hydrogen-bond acceptors (Lipinski definition) is 3. The van der Waals surface area contributed by atoms with Crippen molar-refractivity contribution in [2.24, 2.45) is 5.73 Å². The van der Waals surface area contributed by atoms with Gasteiger partial charge in [0.1, 0.15) is 0 Å². The zero-order chi connectivity index (χ0) is 13.2. The molecule has 1 aliphatic rings. The topological polar surface area (TPSA) is 72.2 Å². The summed E-state index contributed by atoms with van der Waals surface area (Å²) in [7, 11) is -3.45. The molecule has 0 unspecified atom stereocenters. The van der Waals surface area contributed by atoms with Crippen LogP contribution in [0.4, 0.5) is 0 Å². The lowest BCUT2D eigenvalue weighted by Crippen LogP contribution is -2.40. The van der Waals surface area contributed by atoms with Gasteiger partial charge in [-0.25, -0.2) is 13.1 Å². The molecule has 0 radical (unpaired) electrons. The third-order valence-electron chi connectivity index (χ3n) is 3.22. The SMILES string of the molecule is Cl.NC1CCC(NS(=O)(=O)c2ccccc2Br)CC1. The van der Waals surface area contributed by atoms with Crippen LogP contribution in [0, 0.1) is 0 Å². The summed E-state index contributed by atoms with van der Waals surface area (Å²) in [5.74, 6) is 0. The number of rotatable bonds is 3. The number of benzene rings is 1. The Balaban J connectivity index is 0.00000180. The predicted octanol–water partition coefficient (Wildman–Crippen LogP) is 2.42. The molecule has 1 aliphatic carbocycles. The van der Waals surface area contributed by atoms with Gasteiger partial charge in [-0.2, -0.15) is 0 Å². The largest absolute Gasteiger partial charge is 0.328 e. The average Bonchev–Trinajstić information content (AvgIpc) is 2.32. The van der Waals surface area contributed by atoms with E-state index in [2.05, 4.69) is 20.7 Å². The van der Waals surface area contributed by atoms with E-state index >= 15 is 0 Å². The van der Waals surface area contributed by atoms with E-state index in [-0.39, 0.29) is 24.5 Å². The molecule has 0 bridgehead atoms. The van der Waals surface area contributed by atoms with E-state index in [0.717, 1.165) is 25.7 Å². The molecule has 19 heavy (non-hydrogen) atoms. The Labute approximate surface area is 128 Å². The lowest BCUT2D eigenvalue weighted by molar-refractivity contribution is 0.373. The van der Waals surface area contributed by atoms with E-state index in [1.54, 1.807) is 24.3 Å². The van der Waals surface area contributed by atoms with Gasteiger partial charge < -0.3 is 5.73 Å². The van der Waals surface area contributed by atoms with Gasteiger partial charge in [-0.15, -0.1) is 12.4 Å². The van der Waals surface area contributed by atoms with E-state index in [9.17, 15) is 8.42 Å². The molecule has 0 aromatic heterocycles. The Morgan fingerprint density at radius 1 is 1.16 bits per heavy atom. The maximum absolute atomic E-state index is 12.2. The fourth-order valence-electron chi connectivity index (χ4n) is 2.18. The molecule has 4 nitrogen and oxygen atoms in total. The van der Waals surface area contributed by atoms with Crippen LogP contribution in [0.5, 0.6) is 0 Å². The van der Waals surface area contributed by atoms with Gasteiger partial charge in [0.25, 0.3) is 0 Å². The van der Waals surface area contributed by atoms with Gasteiger partial charge in [-0.05, 0) is 53.7 Å². The summed E-state index contributed by atoms with van der Waals surface area (Å²) < 4.78 is 27.8. The van der Waals surface area contributed by atoms with Crippen LogP contribution in [0.15, 0.2) is 33.6 Å². The van der Waals surface area contributed by atoms with Crippen molar-refractivity contribution in [1.29, 1.82) is 0 Å². The van der Waals surface area contributed by atoms with Crippen molar-refractivity contribution in [3.05, 3.63) is 28.7 Å². The van der Waals surface area contributed by atoms with Crippen molar-refractivity contribution in [2.75, 3.05) is 0 Å². The zero-order valence-electron chi connectivity index (χ0n) is 10.4. The van der Waals surface area contributed by atoms with Crippen molar-refractivity contribution >= 4 is 38.4 Å². The lowest BCUT2D eigenvalue weighted by Gasteiger charge is -2.26. The Kier molecular flexibility index (Phi) is 6.26. The molecule has 0 saturated heterocycles. The molecule has 3 N–H and O–H groups in total. The quantitative estimate of drug-likeness (QED) is 0.859. The minimum atomic E-state index is -3.45. The van der Waals surface area contributed by atoms with Crippen LogP contribution >= 0.6 is 28.3 Å². The first-order chi connectivity index (χ1) is 8.49. The van der Waals surface area contributed by atoms with Crippen LogP contribution in [0.2, 0.25) is 0 Å². The molecule has 0 heterocycles. The summed E-state index contributed by atoms with van der Waals surface area (Å²) in [5, 5.41) is 0. The van der Waals surface area contributed by atoms with Crippen LogP contribution < -0.4 is 10.5 Å². The van der Waals surface area contributed by atoms with Gasteiger partial charge >= 0.3 is 0 Å². The third-order valence-corrected chi connectivity index (χ3v) is 5.75. The van der Waals surface area contributed by atoms with E-state index in [1.165, 1.54) is 0 Å². The summed E-state index contributed by atoms with van der Waals surface area (Å²) in [6.45, 7) is 0. The van der Waals surface area contributed by atoms with Gasteiger partial charge in [0.05, 0.1) is 4.90 Å². The normalized spacial score (nSPS) is 23.7. The maximum atomic E-state index is 12.2. The Morgan fingerprint density at radius 3 is 2.32 bits per heavy atom. The minimum Gasteiger partial charge on any atom is -0.328 e. The second kappa shape index (κ2) is 7.04. The standard InChI is InChI=1S/C12H17BrN2O2S.ClH/c13-11-3-1-2-4-12(11)18(16,17)15-10-7-5-9(14)6-8-10;/h1-4,9-10,15H,5-8,14H2;1H. The molecule has 0 spiro atoms. The first kappa shape index (κ1) is 16.9. The first-order valence-corrected chi connectivity index (χ1v) is 8.29. The van der Waals surface area contributed by atoms with Crippen LogP contribution in [-0.4, -0.2) is 20.5 Å². The van der Waals surface area contributed by atoms with Crippen LogP contribution in [0.25, 0.3) is 0 Å². The highest BCUT2D eigenvalue weighted by atomic mass is 79.9. The highest BCUT2D eigenvalue weighted by molar-refractivity contribution is 9.10. The fraction of sp³-hybridized carbons (Fsp3) is 0.500. The molecule has 108 valence electrons. The number of sulfonamides is 1. The molecule has 2 rings (SSSR count). The Morgan fingerprint density at radius 2 is 1.74 bits per heavy atom. The highest BCUT2D eigenvalue weighted by Gasteiger charge is 2.25. The second-order valence-electron chi connectivity index (χ2n) is 4.66. The second-order valence-corrected chi connectivity index (χ2v) is 7.20. The molecule has 1 aromatic carbocycles. The van der Waals surface area contributed by atoms with Crippen molar-refractivity contribution in [2.45, 2.75) is 42.7 Å². The summed E-state index contributed by atoms with van der Waals surface area (Å²) in [6.07, 6.45) is 3.38. The van der Waals surface area contributed by atoms with Crippen molar-refractivity contribution in [1.82, 2.24) is 4.72 Å². The molecular formula is C12H18BrClN2O2S. The van der Waals surface area contributed by atoms with Crippen LogP contribution in [-0.2, 0) is 10.0 Å². The van der Waals surface area contributed by atoms with Gasteiger partial charge in [0.2, 0.25) is 10.0 Å². The van der Waals surface area contributed by atoms with E-state index in [0.29, 0.717) is 9.37 Å². The number of hydrogen-bond donors (Lipinski definition) is 2. The molecule has 7 heteroatoms. The number of nitrogens with one attached hydrogen (secondary N) is 1. The van der Waals surface area contributed by atoms with Crippen molar-refractivity contribution in [3.63, 3.8) is 0 Å². The van der Waals surface area contributed by atoms with E-state index in [1.807, 2.05) is 0 Å². The van der Waals surface area contributed by atoms with Gasteiger partial charge in [0.15, 0.2) is 0 Å². The van der Waals surface area contributed by atoms with E-state index < -0.39 is 10.0 Å². The average molecular weight is 370 g/mol. The molecule has 1 saturated carbocycles. The van der Waals surface area contributed by atoms with Crippen LogP contribution in [0.1, 0.15) is 25.7 Å². The molecule has 0 amide bonds. The Hall–Kier alpha value is -0.140. The molecule has 0 atom stereocenters. The molecule has 1 aromatic rings. The highest BCUT2D eigenvalue weighted by Crippen LogP contribution is 2.23. The lowest BCUT2D eigenvalue weighted by atomic mass is 9.93. The monoisotopic (exact) mass is 368 g/mol. The molecule has 0 aliphatic heterocycles. The first-order valence-electron chi connectivity index (χ1n) is 6.01. The fourth-order valence-corrected chi connectivity index (χ4v) is 4.49. The van der Waals surface area contributed by atoms with Crippen LogP contribution in [0.3, 0.4) is 0 Å². The van der Waals surface area contributed by atoms with Crippen molar-refractivity contribution in [3.8, 4) is 0 Å². The van der Waals surface area contributed by atoms with Gasteiger partial charge in [-0.1, -0.05) is 12.1 Å². The number of nitrogens with two attached hydrogens (primary N) is 1. The summed E-state index contributed by atoms with van der Waals surface area (Å²) in [5.41, 5.74) is 5.81. The summed E-state index contributed by atoms with van der Waals surface area (Å²) >= 11 is 3.27. The van der Waals surface area contributed by atoms with Gasteiger partial charge in [-0.3, -0.25) is 0 Å². The molecule has 1 fully saturated rings. The predicted molar refractivity (Wildman–Crippen MR) is 81.9 cm³/mol. The zero-order valence-corrected chi connectivity index (χ0v) is 13.6. The number of halogens is 2. The van der Waals surface area contributed by atoms with Crippen molar-refractivity contribution < 1.29 is 8.42 Å². The van der Waals surface area contributed by atoms with E-state index in [4.69, 9.17) is 5.73 Å². The summed E-state index contributed by atoms with van der Waals surface area (Å²) in [6, 6.07) is 7.06. The maximum Gasteiger partial charge on any atom is 0.241 e. The molecular weight excluding hydrogens is 352 g/mol. The van der Waals surface area contributed by atoms with Gasteiger partial charge in [0, 0.05) is 16.6 Å². The minimum absolute atomic E-state index is 0. The smallest absolute Gasteiger partial charge is 0.241 e. The summed E-state index contributed by atoms with van der Waals surface area (Å²) in [4.78, 5) is 0.292.